The first-order valence-electron chi connectivity index (χ1n) is 8.52. The van der Waals surface area contributed by atoms with Crippen molar-refractivity contribution in [2.75, 3.05) is 11.1 Å². The van der Waals surface area contributed by atoms with Crippen LogP contribution in [0, 0.1) is 0 Å². The summed E-state index contributed by atoms with van der Waals surface area (Å²) >= 11 is 7.13. The fraction of sp³-hybridized carbons (Fsp3) is 0.100. The molecule has 0 spiro atoms. The van der Waals surface area contributed by atoms with Crippen LogP contribution < -0.4 is 16.6 Å². The van der Waals surface area contributed by atoms with Gasteiger partial charge in [0.2, 0.25) is 11.8 Å². The number of anilines is 1. The molecule has 0 atom stereocenters. The number of fused-ring (bicyclic) bond motifs is 1. The number of benzene rings is 2. The van der Waals surface area contributed by atoms with E-state index < -0.39 is 5.91 Å². The van der Waals surface area contributed by atoms with Crippen molar-refractivity contribution in [3.05, 3.63) is 76.1 Å². The van der Waals surface area contributed by atoms with Crippen molar-refractivity contribution < 1.29 is 9.59 Å². The van der Waals surface area contributed by atoms with Crippen LogP contribution in [-0.4, -0.2) is 27.1 Å². The number of carbonyl (C=O) groups is 2. The maximum absolute atomic E-state index is 12.8. The topological polar surface area (TPSA) is 107 Å². The summed E-state index contributed by atoms with van der Waals surface area (Å²) in [4.78, 5) is 40.7. The third-order valence-electron chi connectivity index (χ3n) is 3.98. The molecule has 2 amide bonds. The van der Waals surface area contributed by atoms with E-state index in [-0.39, 0.29) is 23.8 Å². The van der Waals surface area contributed by atoms with E-state index in [4.69, 9.17) is 17.3 Å². The normalized spacial score (nSPS) is 10.7. The van der Waals surface area contributed by atoms with Gasteiger partial charge in [-0.05, 0) is 42.5 Å². The number of rotatable bonds is 7. The zero-order chi connectivity index (χ0) is 21.0. The number of allylic oxidation sites excluding steroid dienone is 1. The minimum absolute atomic E-state index is 0.0419. The van der Waals surface area contributed by atoms with E-state index in [0.717, 1.165) is 11.8 Å². The first-order chi connectivity index (χ1) is 13.9. The van der Waals surface area contributed by atoms with Crippen LogP contribution in [0.15, 0.2) is 65.1 Å². The molecule has 0 unspecified atom stereocenters. The fourth-order valence-electron chi connectivity index (χ4n) is 2.62. The van der Waals surface area contributed by atoms with E-state index in [0.29, 0.717) is 32.3 Å². The zero-order valence-electron chi connectivity index (χ0n) is 15.2. The molecule has 0 radical (unpaired) electrons. The monoisotopic (exact) mass is 428 g/mol. The summed E-state index contributed by atoms with van der Waals surface area (Å²) in [7, 11) is 0. The third-order valence-corrected chi connectivity index (χ3v) is 5.19. The van der Waals surface area contributed by atoms with Crippen LogP contribution in [0.1, 0.15) is 10.4 Å². The highest BCUT2D eigenvalue weighted by molar-refractivity contribution is 7.99. The highest BCUT2D eigenvalue weighted by Crippen LogP contribution is 2.21. The van der Waals surface area contributed by atoms with E-state index in [1.165, 1.54) is 16.7 Å². The summed E-state index contributed by atoms with van der Waals surface area (Å²) in [5, 5.41) is 3.98. The number of nitrogens with two attached hydrogens (primary N) is 1. The minimum Gasteiger partial charge on any atom is -0.366 e. The largest absolute Gasteiger partial charge is 0.366 e. The molecule has 0 bridgehead atoms. The maximum atomic E-state index is 12.8. The van der Waals surface area contributed by atoms with Gasteiger partial charge in [0.25, 0.3) is 5.56 Å². The number of thioether (sulfide) groups is 1. The van der Waals surface area contributed by atoms with Gasteiger partial charge in [-0.3, -0.25) is 19.0 Å². The maximum Gasteiger partial charge on any atom is 0.262 e. The van der Waals surface area contributed by atoms with Crippen LogP contribution in [0.3, 0.4) is 0 Å². The summed E-state index contributed by atoms with van der Waals surface area (Å²) in [5.74, 6) is -0.778. The number of halogens is 1. The summed E-state index contributed by atoms with van der Waals surface area (Å²) in [6.45, 7) is 3.93. The molecule has 3 N–H and O–H groups in total. The predicted octanol–water partition coefficient (Wildman–Crippen LogP) is 3.07. The van der Waals surface area contributed by atoms with Crippen molar-refractivity contribution in [2.45, 2.75) is 11.7 Å². The number of hydrogen-bond donors (Lipinski definition) is 2. The Hall–Kier alpha value is -3.10. The third kappa shape index (κ3) is 4.85. The van der Waals surface area contributed by atoms with E-state index >= 15 is 0 Å². The lowest BCUT2D eigenvalue weighted by Gasteiger charge is -2.12. The lowest BCUT2D eigenvalue weighted by molar-refractivity contribution is -0.113. The number of amides is 2. The van der Waals surface area contributed by atoms with Crippen LogP contribution in [0.25, 0.3) is 10.9 Å². The Labute approximate surface area is 175 Å². The number of nitrogens with zero attached hydrogens (tertiary/aromatic N) is 2. The lowest BCUT2D eigenvalue weighted by atomic mass is 10.2. The van der Waals surface area contributed by atoms with Gasteiger partial charge in [0.05, 0.1) is 16.7 Å². The van der Waals surface area contributed by atoms with Crippen molar-refractivity contribution in [1.29, 1.82) is 0 Å². The second-order valence-corrected chi connectivity index (χ2v) is 7.42. The first-order valence-corrected chi connectivity index (χ1v) is 9.89. The molecule has 0 aliphatic rings. The summed E-state index contributed by atoms with van der Waals surface area (Å²) in [6, 6.07) is 11.1. The molecule has 0 fully saturated rings. The molecule has 0 aliphatic carbocycles. The molecule has 1 aromatic heterocycles. The molecule has 1 heterocycles. The smallest absolute Gasteiger partial charge is 0.262 e. The van der Waals surface area contributed by atoms with Crippen LogP contribution in [0.5, 0.6) is 0 Å². The Bertz CT molecular complexity index is 1160. The zero-order valence-corrected chi connectivity index (χ0v) is 16.8. The predicted molar refractivity (Wildman–Crippen MR) is 116 cm³/mol. The molecule has 2 aromatic carbocycles. The molecule has 7 nitrogen and oxygen atoms in total. The number of primary amides is 1. The molecule has 29 heavy (non-hydrogen) atoms. The molecule has 9 heteroatoms. The molecule has 3 aromatic rings. The van der Waals surface area contributed by atoms with Crippen LogP contribution in [0.4, 0.5) is 5.69 Å². The number of hydrogen-bond acceptors (Lipinski definition) is 5. The van der Waals surface area contributed by atoms with E-state index in [9.17, 15) is 14.4 Å². The Morgan fingerprint density at radius 3 is 2.62 bits per heavy atom. The van der Waals surface area contributed by atoms with Crippen molar-refractivity contribution in [1.82, 2.24) is 9.55 Å². The van der Waals surface area contributed by atoms with Crippen LogP contribution in [-0.2, 0) is 11.3 Å². The standard InChI is InChI=1S/C20H17ClN4O3S/c1-2-9-25-19(28)15-10-13(21)5-8-16(15)24-20(25)29-11-17(26)23-14-6-3-12(4-7-14)18(22)27/h2-8,10H,1,9,11H2,(H2,22,27)(H,23,26). The molecule has 0 saturated carbocycles. The lowest BCUT2D eigenvalue weighted by Crippen LogP contribution is -2.23. The summed E-state index contributed by atoms with van der Waals surface area (Å²) in [5.41, 5.74) is 6.34. The fourth-order valence-corrected chi connectivity index (χ4v) is 3.60. The second-order valence-electron chi connectivity index (χ2n) is 6.04. The van der Waals surface area contributed by atoms with Gasteiger partial charge < -0.3 is 11.1 Å². The SMILES string of the molecule is C=CCn1c(SCC(=O)Nc2ccc(C(N)=O)cc2)nc2ccc(Cl)cc2c1=O. The Balaban J connectivity index is 1.78. The van der Waals surface area contributed by atoms with Crippen molar-refractivity contribution in [2.24, 2.45) is 5.73 Å². The molecule has 3 rings (SSSR count). The van der Waals surface area contributed by atoms with Crippen LogP contribution >= 0.6 is 23.4 Å². The summed E-state index contributed by atoms with van der Waals surface area (Å²) < 4.78 is 1.45. The van der Waals surface area contributed by atoms with Gasteiger partial charge in [-0.15, -0.1) is 6.58 Å². The second kappa shape index (κ2) is 8.93. The van der Waals surface area contributed by atoms with Gasteiger partial charge in [0.15, 0.2) is 5.16 Å². The number of aromatic nitrogens is 2. The molecule has 0 aliphatic heterocycles. The van der Waals surface area contributed by atoms with Gasteiger partial charge >= 0.3 is 0 Å². The highest BCUT2D eigenvalue weighted by Gasteiger charge is 2.13. The quantitative estimate of drug-likeness (QED) is 0.341. The first kappa shape index (κ1) is 20.6. The average molecular weight is 429 g/mol. The van der Waals surface area contributed by atoms with Gasteiger partial charge in [-0.2, -0.15) is 0 Å². The Morgan fingerprint density at radius 2 is 1.97 bits per heavy atom. The number of carbonyl (C=O) groups excluding carboxylic acids is 2. The van der Waals surface area contributed by atoms with Crippen LogP contribution in [0.2, 0.25) is 5.02 Å². The van der Waals surface area contributed by atoms with Crippen molar-refractivity contribution in [3.63, 3.8) is 0 Å². The van der Waals surface area contributed by atoms with Gasteiger partial charge in [0.1, 0.15) is 0 Å². The highest BCUT2D eigenvalue weighted by atomic mass is 35.5. The average Bonchev–Trinajstić information content (AvgIpc) is 2.70. The molecule has 0 saturated heterocycles. The minimum atomic E-state index is -0.540. The molecular formula is C20H17ClN4O3S. The number of nitrogens with one attached hydrogen (secondary N) is 1. The Kier molecular flexibility index (Phi) is 6.36. The summed E-state index contributed by atoms with van der Waals surface area (Å²) in [6.07, 6.45) is 1.59. The molecule has 148 valence electrons. The van der Waals surface area contributed by atoms with Crippen molar-refractivity contribution in [3.8, 4) is 0 Å². The molecular weight excluding hydrogens is 412 g/mol. The van der Waals surface area contributed by atoms with Gasteiger partial charge in [0, 0.05) is 22.8 Å². The van der Waals surface area contributed by atoms with Gasteiger partial charge in [-0.25, -0.2) is 4.98 Å². The van der Waals surface area contributed by atoms with E-state index in [1.54, 1.807) is 36.4 Å². The van der Waals surface area contributed by atoms with E-state index in [2.05, 4.69) is 16.9 Å². The van der Waals surface area contributed by atoms with Gasteiger partial charge in [-0.1, -0.05) is 29.4 Å². The van der Waals surface area contributed by atoms with Crippen molar-refractivity contribution >= 4 is 51.8 Å². The van der Waals surface area contributed by atoms with E-state index in [1.807, 2.05) is 0 Å². The Morgan fingerprint density at radius 1 is 1.24 bits per heavy atom.